The third kappa shape index (κ3) is 6.70. The Labute approximate surface area is 116 Å². The van der Waals surface area contributed by atoms with Gasteiger partial charge in [-0.3, -0.25) is 0 Å². The van der Waals surface area contributed by atoms with Crippen molar-refractivity contribution in [1.29, 1.82) is 0 Å². The molecule has 0 aromatic rings. The summed E-state index contributed by atoms with van der Waals surface area (Å²) in [5, 5.41) is 3.39. The molecule has 1 aliphatic heterocycles. The van der Waals surface area contributed by atoms with Crippen LogP contribution in [0.3, 0.4) is 0 Å². The van der Waals surface area contributed by atoms with E-state index in [9.17, 15) is 8.42 Å². The lowest BCUT2D eigenvalue weighted by atomic mass is 10.0. The van der Waals surface area contributed by atoms with Gasteiger partial charge in [0.2, 0.25) is 10.0 Å². The second-order valence-electron chi connectivity index (χ2n) is 5.69. The fourth-order valence-electron chi connectivity index (χ4n) is 2.30. The van der Waals surface area contributed by atoms with E-state index in [1.165, 1.54) is 12.8 Å². The smallest absolute Gasteiger partial charge is 0.211 e. The van der Waals surface area contributed by atoms with E-state index >= 15 is 0 Å². The summed E-state index contributed by atoms with van der Waals surface area (Å²) in [6.45, 7) is 2.98. The minimum Gasteiger partial charge on any atom is -0.381 e. The average molecular weight is 290 g/mol. The Morgan fingerprint density at radius 3 is 2.68 bits per heavy atom. The highest BCUT2D eigenvalue weighted by atomic mass is 32.2. The minimum atomic E-state index is -3.10. The number of hydrogen-bond acceptors (Lipinski definition) is 4. The van der Waals surface area contributed by atoms with Crippen molar-refractivity contribution in [3.05, 3.63) is 0 Å². The van der Waals surface area contributed by atoms with Crippen LogP contribution in [0.4, 0.5) is 0 Å². The van der Waals surface area contributed by atoms with Crippen molar-refractivity contribution in [2.75, 3.05) is 32.1 Å². The number of nitrogens with one attached hydrogen (secondary N) is 2. The normalized spacial score (nSPS) is 24.5. The fourth-order valence-corrected chi connectivity index (χ4v) is 3.51. The topological polar surface area (TPSA) is 67.4 Å². The molecule has 1 saturated heterocycles. The number of ether oxygens (including phenoxy) is 1. The highest BCUT2D eigenvalue weighted by molar-refractivity contribution is 7.89. The number of unbranched alkanes of at least 4 members (excludes halogenated alkanes) is 1. The molecular weight excluding hydrogens is 264 g/mol. The summed E-state index contributed by atoms with van der Waals surface area (Å²) >= 11 is 0. The first-order valence-electron chi connectivity index (χ1n) is 7.44. The molecule has 2 fully saturated rings. The van der Waals surface area contributed by atoms with Crippen LogP contribution in [0.15, 0.2) is 0 Å². The third-order valence-electron chi connectivity index (χ3n) is 3.70. The van der Waals surface area contributed by atoms with Gasteiger partial charge in [0.05, 0.1) is 12.4 Å². The zero-order valence-electron chi connectivity index (χ0n) is 11.6. The van der Waals surface area contributed by atoms with E-state index in [1.807, 2.05) is 0 Å². The first-order chi connectivity index (χ1) is 9.16. The molecule has 19 heavy (non-hydrogen) atoms. The summed E-state index contributed by atoms with van der Waals surface area (Å²) in [4.78, 5) is 0. The molecule has 2 N–H and O–H groups in total. The van der Waals surface area contributed by atoms with Gasteiger partial charge < -0.3 is 10.1 Å². The van der Waals surface area contributed by atoms with Gasteiger partial charge in [-0.15, -0.1) is 0 Å². The van der Waals surface area contributed by atoms with Crippen molar-refractivity contribution in [2.24, 2.45) is 5.92 Å². The zero-order valence-corrected chi connectivity index (χ0v) is 12.4. The van der Waals surface area contributed by atoms with Crippen LogP contribution in [0.2, 0.25) is 0 Å². The molecule has 0 radical (unpaired) electrons. The molecule has 0 aromatic heterocycles. The Kier molecular flexibility index (Phi) is 6.06. The molecule has 0 amide bonds. The maximum atomic E-state index is 11.8. The molecule has 1 atom stereocenters. The summed E-state index contributed by atoms with van der Waals surface area (Å²) in [5.74, 6) is 0.590. The second-order valence-corrected chi connectivity index (χ2v) is 7.61. The molecule has 1 unspecified atom stereocenters. The van der Waals surface area contributed by atoms with E-state index in [1.54, 1.807) is 0 Å². The Bertz CT molecular complexity index is 349. The molecule has 2 aliphatic rings. The highest BCUT2D eigenvalue weighted by Crippen LogP contribution is 2.18. The Balaban J connectivity index is 1.52. The maximum absolute atomic E-state index is 11.8. The largest absolute Gasteiger partial charge is 0.381 e. The molecule has 0 aromatic carbocycles. The number of hydrogen-bond donors (Lipinski definition) is 2. The maximum Gasteiger partial charge on any atom is 0.211 e. The minimum absolute atomic E-state index is 0.243. The van der Waals surface area contributed by atoms with Gasteiger partial charge in [0.15, 0.2) is 0 Å². The quantitative estimate of drug-likeness (QED) is 0.618. The van der Waals surface area contributed by atoms with Gasteiger partial charge in [0.25, 0.3) is 0 Å². The van der Waals surface area contributed by atoms with Crippen LogP contribution in [0.25, 0.3) is 0 Å². The van der Waals surface area contributed by atoms with Crippen molar-refractivity contribution in [3.8, 4) is 0 Å². The van der Waals surface area contributed by atoms with E-state index < -0.39 is 10.0 Å². The third-order valence-corrected chi connectivity index (χ3v) is 5.13. The van der Waals surface area contributed by atoms with Crippen LogP contribution < -0.4 is 10.0 Å². The molecule has 0 bridgehead atoms. The van der Waals surface area contributed by atoms with Crippen molar-refractivity contribution in [1.82, 2.24) is 10.0 Å². The average Bonchev–Trinajstić information content (AvgIpc) is 3.21. The molecule has 2 rings (SSSR count). The first kappa shape index (κ1) is 15.2. The van der Waals surface area contributed by atoms with Crippen LogP contribution in [0.1, 0.15) is 38.5 Å². The summed E-state index contributed by atoms with van der Waals surface area (Å²) in [6.07, 6.45) is 6.33. The first-order valence-corrected chi connectivity index (χ1v) is 9.09. The van der Waals surface area contributed by atoms with E-state index in [2.05, 4.69) is 10.0 Å². The Hall–Kier alpha value is -0.170. The number of rotatable bonds is 9. The number of sulfonamides is 1. The second kappa shape index (κ2) is 7.57. The van der Waals surface area contributed by atoms with Crippen molar-refractivity contribution in [3.63, 3.8) is 0 Å². The molecule has 1 aliphatic carbocycles. The van der Waals surface area contributed by atoms with E-state index in [4.69, 9.17) is 4.74 Å². The summed E-state index contributed by atoms with van der Waals surface area (Å²) in [6, 6.07) is 0.709. The van der Waals surface area contributed by atoms with Gasteiger partial charge in [0, 0.05) is 19.2 Å². The summed E-state index contributed by atoms with van der Waals surface area (Å²) in [7, 11) is -3.10. The van der Waals surface area contributed by atoms with Gasteiger partial charge in [0.1, 0.15) is 0 Å². The van der Waals surface area contributed by atoms with Crippen molar-refractivity contribution in [2.45, 2.75) is 44.6 Å². The van der Waals surface area contributed by atoms with Crippen LogP contribution >= 0.6 is 0 Å². The standard InChI is InChI=1S/C13H26N2O3S/c16-19(17,9-2-1-7-14-13-5-6-13)15-10-12-4-3-8-18-11-12/h12-15H,1-11H2. The van der Waals surface area contributed by atoms with Gasteiger partial charge in [-0.25, -0.2) is 13.1 Å². The zero-order chi connectivity index (χ0) is 13.6. The molecular formula is C13H26N2O3S. The monoisotopic (exact) mass is 290 g/mol. The molecule has 0 spiro atoms. The fraction of sp³-hybridized carbons (Fsp3) is 1.00. The predicted octanol–water partition coefficient (Wildman–Crippen LogP) is 0.865. The van der Waals surface area contributed by atoms with Gasteiger partial charge in [-0.05, 0) is 51.0 Å². The van der Waals surface area contributed by atoms with Crippen LogP contribution in [-0.2, 0) is 14.8 Å². The molecule has 112 valence electrons. The Morgan fingerprint density at radius 2 is 2.00 bits per heavy atom. The molecule has 1 saturated carbocycles. The molecule has 6 heteroatoms. The van der Waals surface area contributed by atoms with E-state index in [0.29, 0.717) is 25.1 Å². The lowest BCUT2D eigenvalue weighted by Crippen LogP contribution is -2.34. The van der Waals surface area contributed by atoms with Crippen molar-refractivity contribution >= 4 is 10.0 Å². The summed E-state index contributed by atoms with van der Waals surface area (Å²) < 4.78 is 31.7. The van der Waals surface area contributed by atoms with E-state index in [-0.39, 0.29) is 5.75 Å². The highest BCUT2D eigenvalue weighted by Gasteiger charge is 2.20. The van der Waals surface area contributed by atoms with E-state index in [0.717, 1.165) is 38.8 Å². The lowest BCUT2D eigenvalue weighted by Gasteiger charge is -2.22. The van der Waals surface area contributed by atoms with Crippen LogP contribution in [0.5, 0.6) is 0 Å². The van der Waals surface area contributed by atoms with Gasteiger partial charge in [-0.2, -0.15) is 0 Å². The van der Waals surface area contributed by atoms with Crippen LogP contribution in [0, 0.1) is 5.92 Å². The molecule has 1 heterocycles. The van der Waals surface area contributed by atoms with Crippen LogP contribution in [-0.4, -0.2) is 46.5 Å². The molecule has 5 nitrogen and oxygen atoms in total. The van der Waals surface area contributed by atoms with Crippen molar-refractivity contribution < 1.29 is 13.2 Å². The summed E-state index contributed by atoms with van der Waals surface area (Å²) in [5.41, 5.74) is 0. The lowest BCUT2D eigenvalue weighted by molar-refractivity contribution is 0.0568. The van der Waals surface area contributed by atoms with Gasteiger partial charge >= 0.3 is 0 Å². The van der Waals surface area contributed by atoms with Gasteiger partial charge in [-0.1, -0.05) is 0 Å². The predicted molar refractivity (Wildman–Crippen MR) is 75.6 cm³/mol. The Morgan fingerprint density at radius 1 is 1.16 bits per heavy atom. The SMILES string of the molecule is O=S(=O)(CCCCNC1CC1)NCC1CCCOC1.